The van der Waals surface area contributed by atoms with Crippen molar-refractivity contribution in [1.82, 2.24) is 29.7 Å². The lowest BCUT2D eigenvalue weighted by Crippen LogP contribution is -2.54. The second-order valence-corrected chi connectivity index (χ2v) is 13.1. The van der Waals surface area contributed by atoms with E-state index >= 15 is 0 Å². The maximum absolute atomic E-state index is 13.3. The molecule has 2 atom stereocenters. The quantitative estimate of drug-likeness (QED) is 0.289. The molecule has 230 valence electrons. The number of piperazine rings is 1. The lowest BCUT2D eigenvalue weighted by Gasteiger charge is -2.43. The SMILES string of the molecule is CC1CCCC(C)N1C(=O)COc1ccc(C(=O)N2CCN(C(C)(C)c3cn(-c4cc(Cl)c(Cl)cc4Cl)nn3)CC2)cc1. The van der Waals surface area contributed by atoms with E-state index in [2.05, 4.69) is 42.9 Å². The maximum Gasteiger partial charge on any atom is 0.260 e. The van der Waals surface area contributed by atoms with Crippen LogP contribution >= 0.6 is 34.8 Å². The first-order valence-corrected chi connectivity index (χ1v) is 15.7. The number of hydrogen-bond donors (Lipinski definition) is 0. The Morgan fingerprint density at radius 3 is 2.21 bits per heavy atom. The largest absolute Gasteiger partial charge is 0.484 e. The first-order chi connectivity index (χ1) is 20.5. The summed E-state index contributed by atoms with van der Waals surface area (Å²) >= 11 is 18.6. The van der Waals surface area contributed by atoms with Crippen LogP contribution in [0, 0.1) is 0 Å². The summed E-state index contributed by atoms with van der Waals surface area (Å²) in [6, 6.07) is 10.7. The first-order valence-electron chi connectivity index (χ1n) is 14.6. The van der Waals surface area contributed by atoms with Gasteiger partial charge in [0.05, 0.1) is 32.5 Å². The van der Waals surface area contributed by atoms with Gasteiger partial charge in [0, 0.05) is 43.8 Å². The van der Waals surface area contributed by atoms with Gasteiger partial charge < -0.3 is 14.5 Å². The topological polar surface area (TPSA) is 83.8 Å². The van der Waals surface area contributed by atoms with E-state index in [0.29, 0.717) is 58.2 Å². The molecule has 2 fully saturated rings. The van der Waals surface area contributed by atoms with Gasteiger partial charge in [0.2, 0.25) is 0 Å². The van der Waals surface area contributed by atoms with Crippen LogP contribution in [-0.4, -0.2) is 86.4 Å². The van der Waals surface area contributed by atoms with Crippen molar-refractivity contribution in [3.05, 3.63) is 68.9 Å². The van der Waals surface area contributed by atoms with Gasteiger partial charge in [0.1, 0.15) is 11.4 Å². The predicted octanol–water partition coefficient (Wildman–Crippen LogP) is 6.09. The average Bonchev–Trinajstić information content (AvgIpc) is 3.49. The summed E-state index contributed by atoms with van der Waals surface area (Å²) in [4.78, 5) is 32.1. The Hall–Kier alpha value is -2.85. The van der Waals surface area contributed by atoms with Gasteiger partial charge >= 0.3 is 0 Å². The molecule has 0 N–H and O–H groups in total. The fraction of sp³-hybridized carbons (Fsp3) is 0.484. The van der Waals surface area contributed by atoms with Crippen LogP contribution in [0.4, 0.5) is 0 Å². The van der Waals surface area contributed by atoms with Gasteiger partial charge in [-0.05, 0) is 83.4 Å². The Labute approximate surface area is 267 Å². The number of carbonyl (C=O) groups excluding carboxylic acids is 2. The number of benzene rings is 2. The fourth-order valence-electron chi connectivity index (χ4n) is 5.99. The van der Waals surface area contributed by atoms with E-state index < -0.39 is 5.54 Å². The van der Waals surface area contributed by atoms with Crippen molar-refractivity contribution >= 4 is 46.6 Å². The van der Waals surface area contributed by atoms with Crippen molar-refractivity contribution in [3.63, 3.8) is 0 Å². The molecule has 0 saturated carbocycles. The summed E-state index contributed by atoms with van der Waals surface area (Å²) < 4.78 is 7.38. The van der Waals surface area contributed by atoms with Gasteiger partial charge in [-0.3, -0.25) is 14.5 Å². The van der Waals surface area contributed by atoms with E-state index in [1.54, 1.807) is 41.1 Å². The molecule has 0 bridgehead atoms. The normalized spacial score (nSPS) is 19.9. The van der Waals surface area contributed by atoms with Gasteiger partial charge in [-0.25, -0.2) is 4.68 Å². The fourth-order valence-corrected chi connectivity index (χ4v) is 6.62. The smallest absolute Gasteiger partial charge is 0.260 e. The third-order valence-electron chi connectivity index (χ3n) is 8.66. The predicted molar refractivity (Wildman–Crippen MR) is 168 cm³/mol. The van der Waals surface area contributed by atoms with Crippen LogP contribution in [0.25, 0.3) is 5.69 Å². The second kappa shape index (κ2) is 13.0. The molecule has 2 aromatic carbocycles. The number of piperidine rings is 1. The van der Waals surface area contributed by atoms with Crippen molar-refractivity contribution in [2.24, 2.45) is 0 Å². The maximum atomic E-state index is 13.3. The molecule has 0 radical (unpaired) electrons. The van der Waals surface area contributed by atoms with Crippen LogP contribution in [0.1, 0.15) is 63.0 Å². The molecular formula is C31H37Cl3N6O3. The van der Waals surface area contributed by atoms with Crippen molar-refractivity contribution in [2.75, 3.05) is 32.8 Å². The third-order valence-corrected chi connectivity index (χ3v) is 9.68. The molecular weight excluding hydrogens is 611 g/mol. The lowest BCUT2D eigenvalue weighted by molar-refractivity contribution is -0.139. The number of amides is 2. The number of aromatic nitrogens is 3. The highest BCUT2D eigenvalue weighted by molar-refractivity contribution is 6.43. The minimum absolute atomic E-state index is 0.00127. The van der Waals surface area contributed by atoms with Crippen LogP contribution in [-0.2, 0) is 10.3 Å². The van der Waals surface area contributed by atoms with Crippen LogP contribution < -0.4 is 4.74 Å². The van der Waals surface area contributed by atoms with Gasteiger partial charge in [0.25, 0.3) is 11.8 Å². The highest BCUT2D eigenvalue weighted by Gasteiger charge is 2.35. The van der Waals surface area contributed by atoms with Gasteiger partial charge in [-0.1, -0.05) is 40.0 Å². The van der Waals surface area contributed by atoms with E-state index in [9.17, 15) is 9.59 Å². The summed E-state index contributed by atoms with van der Waals surface area (Å²) in [6.07, 6.45) is 5.04. The average molecular weight is 648 g/mol. The van der Waals surface area contributed by atoms with Gasteiger partial charge in [0.15, 0.2) is 6.61 Å². The van der Waals surface area contributed by atoms with Gasteiger partial charge in [-0.15, -0.1) is 5.10 Å². The monoisotopic (exact) mass is 646 g/mol. The highest BCUT2D eigenvalue weighted by Crippen LogP contribution is 2.33. The van der Waals surface area contributed by atoms with Crippen LogP contribution in [0.3, 0.4) is 0 Å². The number of halogens is 3. The highest BCUT2D eigenvalue weighted by atomic mass is 35.5. The Bertz CT molecular complexity index is 1460. The van der Waals surface area contributed by atoms with E-state index in [-0.39, 0.29) is 30.5 Å². The van der Waals surface area contributed by atoms with Crippen molar-refractivity contribution in [3.8, 4) is 11.4 Å². The number of carbonyl (C=O) groups is 2. The molecule has 2 amide bonds. The number of likely N-dealkylation sites (tertiary alicyclic amines) is 1. The van der Waals surface area contributed by atoms with Gasteiger partial charge in [-0.2, -0.15) is 0 Å². The standard InChI is InChI=1S/C31H37Cl3N6O3/c1-20-6-5-7-21(2)40(20)29(41)19-43-23-10-8-22(9-11-23)30(42)37-12-14-38(15-13-37)31(3,4)28-18-39(36-35-28)27-17-25(33)24(32)16-26(27)34/h8-11,16-18,20-21H,5-7,12-15,19H2,1-4H3. The number of ether oxygens (including phenoxy) is 1. The lowest BCUT2D eigenvalue weighted by atomic mass is 9.97. The van der Waals surface area contributed by atoms with Crippen LogP contribution in [0.15, 0.2) is 42.6 Å². The van der Waals surface area contributed by atoms with Crippen molar-refractivity contribution < 1.29 is 14.3 Å². The molecule has 5 rings (SSSR count). The Morgan fingerprint density at radius 1 is 0.930 bits per heavy atom. The second-order valence-electron chi connectivity index (χ2n) is 11.8. The molecule has 2 aliphatic heterocycles. The minimum Gasteiger partial charge on any atom is -0.484 e. The number of nitrogens with zero attached hydrogens (tertiary/aromatic N) is 6. The van der Waals surface area contributed by atoms with E-state index in [1.165, 1.54) is 0 Å². The summed E-state index contributed by atoms with van der Waals surface area (Å²) in [7, 11) is 0. The molecule has 3 aromatic rings. The molecule has 2 saturated heterocycles. The molecule has 2 unspecified atom stereocenters. The van der Waals surface area contributed by atoms with E-state index in [4.69, 9.17) is 39.5 Å². The first kappa shape index (κ1) is 31.6. The zero-order chi connectivity index (χ0) is 30.9. The molecule has 1 aromatic heterocycles. The van der Waals surface area contributed by atoms with Crippen LogP contribution in [0.2, 0.25) is 15.1 Å². The summed E-state index contributed by atoms with van der Waals surface area (Å²) in [5.41, 5.74) is 1.52. The molecule has 3 heterocycles. The van der Waals surface area contributed by atoms with Crippen molar-refractivity contribution in [2.45, 2.75) is 64.6 Å². The third kappa shape index (κ3) is 6.80. The molecule has 0 spiro atoms. The zero-order valence-electron chi connectivity index (χ0n) is 24.9. The van der Waals surface area contributed by atoms with Crippen LogP contribution in [0.5, 0.6) is 5.75 Å². The zero-order valence-corrected chi connectivity index (χ0v) is 27.2. The molecule has 0 aliphatic carbocycles. The number of rotatable bonds is 7. The summed E-state index contributed by atoms with van der Waals surface area (Å²) in [5.74, 6) is 0.543. The Balaban J connectivity index is 1.15. The molecule has 43 heavy (non-hydrogen) atoms. The molecule has 9 nitrogen and oxygen atoms in total. The molecule has 12 heteroatoms. The minimum atomic E-state index is -0.434. The summed E-state index contributed by atoms with van der Waals surface area (Å²) in [6.45, 7) is 10.9. The van der Waals surface area contributed by atoms with E-state index in [1.807, 2.05) is 16.0 Å². The van der Waals surface area contributed by atoms with E-state index in [0.717, 1.165) is 25.0 Å². The Morgan fingerprint density at radius 2 is 1.56 bits per heavy atom. The molecule has 2 aliphatic rings. The Kier molecular flexibility index (Phi) is 9.56. The summed E-state index contributed by atoms with van der Waals surface area (Å²) in [5, 5.41) is 9.88. The number of hydrogen-bond acceptors (Lipinski definition) is 6. The van der Waals surface area contributed by atoms with Crippen molar-refractivity contribution in [1.29, 1.82) is 0 Å².